The van der Waals surface area contributed by atoms with Crippen molar-refractivity contribution in [1.82, 2.24) is 9.97 Å². The smallest absolute Gasteiger partial charge is 0.146 e. The first-order chi connectivity index (χ1) is 8.59. The Morgan fingerprint density at radius 3 is 2.61 bits per heavy atom. The van der Waals surface area contributed by atoms with E-state index in [2.05, 4.69) is 15.3 Å². The molecule has 1 N–H and O–H groups in total. The van der Waals surface area contributed by atoms with Crippen LogP contribution >= 0.6 is 11.6 Å². The number of para-hydroxylation sites is 1. The zero-order valence-corrected chi connectivity index (χ0v) is 10.9. The maximum atomic E-state index is 13.6. The summed E-state index contributed by atoms with van der Waals surface area (Å²) in [6, 6.07) is 6.43. The Morgan fingerprint density at radius 2 is 1.94 bits per heavy atom. The number of hydrogen-bond acceptors (Lipinski definition) is 3. The number of aromatic nitrogens is 2. The van der Waals surface area contributed by atoms with Crippen molar-refractivity contribution in [3.8, 4) is 0 Å². The number of benzene rings is 1. The molecule has 18 heavy (non-hydrogen) atoms. The Labute approximate surface area is 110 Å². The van der Waals surface area contributed by atoms with E-state index in [1.165, 1.54) is 12.4 Å². The van der Waals surface area contributed by atoms with Gasteiger partial charge < -0.3 is 5.32 Å². The molecule has 0 saturated carbocycles. The van der Waals surface area contributed by atoms with E-state index in [0.29, 0.717) is 16.7 Å². The molecule has 0 spiro atoms. The molecule has 0 aliphatic heterocycles. The molecule has 94 valence electrons. The molecule has 0 fully saturated rings. The third-order valence-corrected chi connectivity index (χ3v) is 2.84. The van der Waals surface area contributed by atoms with Gasteiger partial charge in [0.1, 0.15) is 23.1 Å². The van der Waals surface area contributed by atoms with E-state index in [1.807, 2.05) is 13.8 Å². The maximum Gasteiger partial charge on any atom is 0.146 e. The van der Waals surface area contributed by atoms with Gasteiger partial charge in [-0.25, -0.2) is 14.4 Å². The van der Waals surface area contributed by atoms with Crippen LogP contribution in [0.2, 0.25) is 5.15 Å². The normalized spacial score (nSPS) is 10.7. The Kier molecular flexibility index (Phi) is 3.77. The van der Waals surface area contributed by atoms with E-state index < -0.39 is 0 Å². The van der Waals surface area contributed by atoms with Crippen molar-refractivity contribution in [2.75, 3.05) is 5.32 Å². The standard InChI is InChI=1S/C13H13ClFN3/c1-8(2)11-12(14)16-7-17-13(11)18-10-6-4-3-5-9(10)15/h3-8H,1-2H3,(H,16,17,18). The highest BCUT2D eigenvalue weighted by molar-refractivity contribution is 6.30. The highest BCUT2D eigenvalue weighted by atomic mass is 35.5. The van der Waals surface area contributed by atoms with Crippen LogP contribution in [-0.4, -0.2) is 9.97 Å². The largest absolute Gasteiger partial charge is 0.337 e. The van der Waals surface area contributed by atoms with Gasteiger partial charge in [0.05, 0.1) is 5.69 Å². The fourth-order valence-electron chi connectivity index (χ4n) is 1.68. The van der Waals surface area contributed by atoms with Crippen molar-refractivity contribution < 1.29 is 4.39 Å². The monoisotopic (exact) mass is 265 g/mol. The Hall–Kier alpha value is -1.68. The molecule has 1 heterocycles. The van der Waals surface area contributed by atoms with Crippen LogP contribution in [0, 0.1) is 5.82 Å². The molecule has 1 aromatic heterocycles. The summed E-state index contributed by atoms with van der Waals surface area (Å²) in [4.78, 5) is 8.07. The molecule has 1 aromatic carbocycles. The average Bonchev–Trinajstić information content (AvgIpc) is 2.31. The maximum absolute atomic E-state index is 13.6. The first-order valence-electron chi connectivity index (χ1n) is 5.61. The van der Waals surface area contributed by atoms with Crippen molar-refractivity contribution in [1.29, 1.82) is 0 Å². The lowest BCUT2D eigenvalue weighted by atomic mass is 10.1. The topological polar surface area (TPSA) is 37.8 Å². The quantitative estimate of drug-likeness (QED) is 0.848. The van der Waals surface area contributed by atoms with Crippen LogP contribution in [0.3, 0.4) is 0 Å². The lowest BCUT2D eigenvalue weighted by Gasteiger charge is -2.14. The number of hydrogen-bond donors (Lipinski definition) is 1. The number of anilines is 2. The Balaban J connectivity index is 2.41. The van der Waals surface area contributed by atoms with Gasteiger partial charge in [-0.05, 0) is 18.1 Å². The highest BCUT2D eigenvalue weighted by Crippen LogP contribution is 2.30. The summed E-state index contributed by atoms with van der Waals surface area (Å²) in [5, 5.41) is 3.34. The summed E-state index contributed by atoms with van der Waals surface area (Å²) in [7, 11) is 0. The van der Waals surface area contributed by atoms with E-state index in [9.17, 15) is 4.39 Å². The zero-order valence-electron chi connectivity index (χ0n) is 10.1. The first kappa shape index (κ1) is 12.8. The van der Waals surface area contributed by atoms with Gasteiger partial charge in [-0.1, -0.05) is 37.6 Å². The van der Waals surface area contributed by atoms with Gasteiger partial charge in [-0.2, -0.15) is 0 Å². The SMILES string of the molecule is CC(C)c1c(Cl)ncnc1Nc1ccccc1F. The fraction of sp³-hybridized carbons (Fsp3) is 0.231. The molecule has 5 heteroatoms. The predicted octanol–water partition coefficient (Wildman–Crippen LogP) is 4.14. The van der Waals surface area contributed by atoms with Crippen LogP contribution in [0.25, 0.3) is 0 Å². The van der Waals surface area contributed by atoms with Crippen LogP contribution in [0.15, 0.2) is 30.6 Å². The second-order valence-electron chi connectivity index (χ2n) is 4.19. The molecule has 2 rings (SSSR count). The average molecular weight is 266 g/mol. The second kappa shape index (κ2) is 5.31. The second-order valence-corrected chi connectivity index (χ2v) is 4.54. The molecule has 3 nitrogen and oxygen atoms in total. The highest BCUT2D eigenvalue weighted by Gasteiger charge is 2.14. The molecule has 2 aromatic rings. The van der Waals surface area contributed by atoms with Crippen molar-refractivity contribution in [2.24, 2.45) is 0 Å². The van der Waals surface area contributed by atoms with Gasteiger partial charge in [0, 0.05) is 5.56 Å². The van der Waals surface area contributed by atoms with E-state index in [1.54, 1.807) is 18.2 Å². The molecule has 0 amide bonds. The summed E-state index contributed by atoms with van der Waals surface area (Å²) < 4.78 is 13.6. The van der Waals surface area contributed by atoms with Crippen LogP contribution in [0.1, 0.15) is 25.3 Å². The summed E-state index contributed by atoms with van der Waals surface area (Å²) in [5.41, 5.74) is 1.15. The van der Waals surface area contributed by atoms with E-state index in [0.717, 1.165) is 5.56 Å². The van der Waals surface area contributed by atoms with Crippen LogP contribution in [0.4, 0.5) is 15.9 Å². The summed E-state index contributed by atoms with van der Waals surface area (Å²) in [6.07, 6.45) is 1.36. The minimum atomic E-state index is -0.332. The van der Waals surface area contributed by atoms with Gasteiger partial charge in [0.25, 0.3) is 0 Å². The molecular formula is C13H13ClFN3. The third-order valence-electron chi connectivity index (χ3n) is 2.54. The number of nitrogens with one attached hydrogen (secondary N) is 1. The van der Waals surface area contributed by atoms with Gasteiger partial charge in [-0.3, -0.25) is 0 Å². The van der Waals surface area contributed by atoms with Gasteiger partial charge >= 0.3 is 0 Å². The molecule has 0 atom stereocenters. The van der Waals surface area contributed by atoms with Gasteiger partial charge in [-0.15, -0.1) is 0 Å². The molecule has 0 unspecified atom stereocenters. The number of rotatable bonds is 3. The zero-order chi connectivity index (χ0) is 13.1. The Bertz CT molecular complexity index is 558. The van der Waals surface area contributed by atoms with Crippen LogP contribution in [-0.2, 0) is 0 Å². The molecule has 0 saturated heterocycles. The van der Waals surface area contributed by atoms with Gasteiger partial charge in [0.15, 0.2) is 0 Å². The van der Waals surface area contributed by atoms with Crippen molar-refractivity contribution in [3.63, 3.8) is 0 Å². The van der Waals surface area contributed by atoms with Crippen LogP contribution in [0.5, 0.6) is 0 Å². The molecule has 0 bridgehead atoms. The first-order valence-corrected chi connectivity index (χ1v) is 5.99. The van der Waals surface area contributed by atoms with Gasteiger partial charge in [0.2, 0.25) is 0 Å². The van der Waals surface area contributed by atoms with Crippen molar-refractivity contribution in [3.05, 3.63) is 47.1 Å². The number of halogens is 2. The summed E-state index contributed by atoms with van der Waals surface area (Å²) in [6.45, 7) is 3.97. The summed E-state index contributed by atoms with van der Waals surface area (Å²) in [5.74, 6) is 0.352. The van der Waals surface area contributed by atoms with E-state index >= 15 is 0 Å². The fourth-order valence-corrected chi connectivity index (χ4v) is 2.03. The van der Waals surface area contributed by atoms with E-state index in [4.69, 9.17) is 11.6 Å². The number of nitrogens with zero attached hydrogens (tertiary/aromatic N) is 2. The third kappa shape index (κ3) is 2.59. The van der Waals surface area contributed by atoms with Crippen LogP contribution < -0.4 is 5.32 Å². The minimum Gasteiger partial charge on any atom is -0.337 e. The molecule has 0 aliphatic carbocycles. The molecular weight excluding hydrogens is 253 g/mol. The molecule has 0 radical (unpaired) electrons. The summed E-state index contributed by atoms with van der Waals surface area (Å²) >= 11 is 6.05. The lowest BCUT2D eigenvalue weighted by molar-refractivity contribution is 0.631. The van der Waals surface area contributed by atoms with E-state index in [-0.39, 0.29) is 11.7 Å². The van der Waals surface area contributed by atoms with Crippen molar-refractivity contribution in [2.45, 2.75) is 19.8 Å². The molecule has 0 aliphatic rings. The van der Waals surface area contributed by atoms with Crippen molar-refractivity contribution >= 4 is 23.1 Å². The minimum absolute atomic E-state index is 0.146. The lowest BCUT2D eigenvalue weighted by Crippen LogP contribution is -2.04. The Morgan fingerprint density at radius 1 is 1.22 bits per heavy atom. The predicted molar refractivity (Wildman–Crippen MR) is 70.8 cm³/mol.